The van der Waals surface area contributed by atoms with E-state index in [0.717, 1.165) is 38.5 Å². The fourth-order valence-corrected chi connectivity index (χ4v) is 6.60. The summed E-state index contributed by atoms with van der Waals surface area (Å²) in [6.07, 6.45) is 44.5. The lowest BCUT2D eigenvalue weighted by molar-refractivity contribution is -0.870. The topological polar surface area (TPSA) is 114 Å². The van der Waals surface area contributed by atoms with Gasteiger partial charge in [-0.25, -0.2) is 0 Å². The third-order valence-electron chi connectivity index (χ3n) is 9.39. The molecule has 1 unspecified atom stereocenters. The minimum absolute atomic E-state index is 0.0207. The molecule has 0 aliphatic carbocycles. The zero-order valence-corrected chi connectivity index (χ0v) is 37.5. The van der Waals surface area contributed by atoms with E-state index in [4.69, 9.17) is 18.5 Å². The Labute approximate surface area is 344 Å². The van der Waals surface area contributed by atoms with E-state index in [0.29, 0.717) is 23.9 Å². The molecule has 0 aromatic heterocycles. The van der Waals surface area contributed by atoms with Gasteiger partial charge in [0.25, 0.3) is 0 Å². The molecule has 0 saturated carbocycles. The summed E-state index contributed by atoms with van der Waals surface area (Å²) in [7, 11) is 1.44. The molecule has 0 spiro atoms. The first-order valence-corrected chi connectivity index (χ1v) is 23.9. The molecule has 0 heterocycles. The van der Waals surface area contributed by atoms with Crippen molar-refractivity contribution in [3.05, 3.63) is 48.6 Å². The number of likely N-dealkylation sites (N-methyl/N-ethyl adjacent to an activating group) is 1. The maximum atomic E-state index is 12.7. The zero-order valence-electron chi connectivity index (χ0n) is 36.6. The first-order chi connectivity index (χ1) is 27.0. The van der Waals surface area contributed by atoms with Gasteiger partial charge in [0.2, 0.25) is 0 Å². The molecule has 326 valence electrons. The van der Waals surface area contributed by atoms with Gasteiger partial charge in [0.05, 0.1) is 21.1 Å². The number of nitrogens with zero attached hydrogens (tertiary/aromatic N) is 1. The maximum Gasteiger partial charge on any atom is 0.377 e. The molecule has 0 amide bonds. The molecule has 1 N–H and O–H groups in total. The van der Waals surface area contributed by atoms with Gasteiger partial charge in [-0.2, -0.15) is 13.9 Å². The van der Waals surface area contributed by atoms with Gasteiger partial charge in [-0.1, -0.05) is 172 Å². The Morgan fingerprint density at radius 2 is 1.05 bits per heavy atom. The Morgan fingerprint density at radius 1 is 0.589 bits per heavy atom. The monoisotopic (exact) mass is 811 g/mol. The number of rotatable bonds is 40. The predicted molar refractivity (Wildman–Crippen MR) is 233 cm³/mol. The predicted octanol–water partition coefficient (Wildman–Crippen LogP) is 11.6. The number of phosphoric ester groups is 1. The van der Waals surface area contributed by atoms with Crippen molar-refractivity contribution in [2.45, 2.75) is 187 Å². The summed E-state index contributed by atoms with van der Waals surface area (Å²) < 4.78 is 21.8. The smallest absolute Gasteiger partial charge is 0.377 e. The molecular weight excluding hydrogens is 725 g/mol. The molecule has 0 aromatic carbocycles. The van der Waals surface area contributed by atoms with Crippen LogP contribution in [0.3, 0.4) is 0 Å². The van der Waals surface area contributed by atoms with Crippen LogP contribution >= 0.6 is 8.17 Å². The summed E-state index contributed by atoms with van der Waals surface area (Å²) in [5.41, 5.74) is 0. The van der Waals surface area contributed by atoms with E-state index in [-0.39, 0.29) is 32.0 Å². The Kier molecular flexibility index (Phi) is 37.3. The van der Waals surface area contributed by atoms with Crippen LogP contribution in [0.2, 0.25) is 0 Å². The van der Waals surface area contributed by atoms with E-state index in [1.807, 2.05) is 33.3 Å². The van der Waals surface area contributed by atoms with E-state index in [1.54, 1.807) is 0 Å². The van der Waals surface area contributed by atoms with Gasteiger partial charge in [0.15, 0.2) is 6.10 Å². The molecule has 0 aliphatic heterocycles. The summed E-state index contributed by atoms with van der Waals surface area (Å²) >= 11 is 0. The number of esters is 2. The van der Waals surface area contributed by atoms with Gasteiger partial charge in [-0.15, -0.1) is 0 Å². The number of carbonyl (C=O) groups excluding carboxylic acids is 2. The fraction of sp³-hybridized carbons (Fsp3) is 0.783. The first-order valence-electron chi connectivity index (χ1n) is 22.4. The number of quaternary nitrogens is 1. The zero-order chi connectivity index (χ0) is 41.4. The normalized spacial score (nSPS) is 14.1. The molecule has 0 aliphatic rings. The summed E-state index contributed by atoms with van der Waals surface area (Å²) in [6.45, 7) is 4.34. The summed E-state index contributed by atoms with van der Waals surface area (Å²) in [4.78, 5) is 47.8. The van der Waals surface area contributed by atoms with Crippen molar-refractivity contribution in [3.63, 3.8) is 0 Å². The molecule has 0 fully saturated rings. The first kappa shape index (κ1) is 54.1. The SMILES string of the molecule is CCCCCC/C=C\C/C=C\C=C/C/C=C\CCCC(=O)O[C@H](COC(=O)CCCCCCCCCCCCCCCCC)CO[P+]([O-])(O)OCC[N+](C)(C)C. The largest absolute Gasteiger partial charge is 0.606 e. The third kappa shape index (κ3) is 41.8. The van der Waals surface area contributed by atoms with Crippen LogP contribution in [0.25, 0.3) is 0 Å². The molecule has 0 aromatic rings. The van der Waals surface area contributed by atoms with Crippen LogP contribution in [-0.4, -0.2) is 74.9 Å². The number of hydrogen-bond acceptors (Lipinski definition) is 8. The second kappa shape index (κ2) is 38.6. The van der Waals surface area contributed by atoms with Crippen LogP contribution in [0.1, 0.15) is 181 Å². The Bertz CT molecular complexity index is 1040. The third-order valence-corrected chi connectivity index (χ3v) is 10.4. The summed E-state index contributed by atoms with van der Waals surface area (Å²) in [5, 5.41) is 0. The second-order valence-corrected chi connectivity index (χ2v) is 17.6. The highest BCUT2D eigenvalue weighted by molar-refractivity contribution is 7.52. The number of carbonyl (C=O) groups is 2. The van der Waals surface area contributed by atoms with Crippen LogP contribution in [0, 0.1) is 0 Å². The molecule has 10 heteroatoms. The van der Waals surface area contributed by atoms with E-state index in [2.05, 4.69) is 50.3 Å². The summed E-state index contributed by atoms with van der Waals surface area (Å²) in [6, 6.07) is 0. The van der Waals surface area contributed by atoms with Crippen molar-refractivity contribution in [1.29, 1.82) is 0 Å². The molecule has 56 heavy (non-hydrogen) atoms. The standard InChI is InChI=1S/C46H84NO8P/c1-6-8-10-12-14-16-18-20-22-23-25-27-29-31-33-35-37-39-46(49)55-44(43-54-56(50,51)53-41-40-47(3,4)5)42-52-45(48)38-36-34-32-30-28-26-24-21-19-17-15-13-11-9-7-2/h16,18,22-23,25,27,31,33,44H,6-15,17,19-21,24,26,28-30,32,34-43H2,1-5H3/p+1/b18-16-,23-22-,27-25-,33-31-/t44-/m1/s1. The summed E-state index contributed by atoms with van der Waals surface area (Å²) in [5.74, 6) is -0.865. The highest BCUT2D eigenvalue weighted by Crippen LogP contribution is 2.47. The quantitative estimate of drug-likeness (QED) is 0.0162. The molecule has 0 saturated heterocycles. The number of phosphoric acid groups is 1. The van der Waals surface area contributed by atoms with Gasteiger partial charge in [0, 0.05) is 12.8 Å². The molecule has 0 radical (unpaired) electrons. The van der Waals surface area contributed by atoms with Crippen LogP contribution < -0.4 is 4.89 Å². The van der Waals surface area contributed by atoms with Gasteiger partial charge in [-0.3, -0.25) is 9.59 Å². The minimum atomic E-state index is -4.39. The molecule has 0 rings (SSSR count). The van der Waals surface area contributed by atoms with E-state index in [9.17, 15) is 19.4 Å². The Hall–Kier alpha value is -1.87. The van der Waals surface area contributed by atoms with Crippen molar-refractivity contribution in [2.75, 3.05) is 47.5 Å². The number of allylic oxidation sites excluding steroid dienone is 8. The van der Waals surface area contributed by atoms with Crippen LogP contribution in [0.4, 0.5) is 0 Å². The lowest BCUT2D eigenvalue weighted by Crippen LogP contribution is -2.38. The van der Waals surface area contributed by atoms with Crippen molar-refractivity contribution >= 4 is 20.1 Å². The lowest BCUT2D eigenvalue weighted by atomic mass is 10.0. The molecule has 9 nitrogen and oxygen atoms in total. The van der Waals surface area contributed by atoms with Crippen LogP contribution in [-0.2, 0) is 28.1 Å². The van der Waals surface area contributed by atoms with E-state index in [1.165, 1.54) is 103 Å². The average molecular weight is 811 g/mol. The van der Waals surface area contributed by atoms with Crippen molar-refractivity contribution < 1.29 is 42.4 Å². The van der Waals surface area contributed by atoms with Gasteiger partial charge in [-0.05, 0) is 44.9 Å². The second-order valence-electron chi connectivity index (χ2n) is 16.1. The van der Waals surface area contributed by atoms with Crippen LogP contribution in [0.5, 0.6) is 0 Å². The molecular formula is C46H85NO8P+. The van der Waals surface area contributed by atoms with Crippen molar-refractivity contribution in [1.82, 2.24) is 0 Å². The van der Waals surface area contributed by atoms with E-state index >= 15 is 0 Å². The Morgan fingerprint density at radius 3 is 1.57 bits per heavy atom. The number of hydrogen-bond donors (Lipinski definition) is 1. The van der Waals surface area contributed by atoms with Crippen molar-refractivity contribution in [3.8, 4) is 0 Å². The average Bonchev–Trinajstić information content (AvgIpc) is 3.15. The minimum Gasteiger partial charge on any atom is -0.606 e. The molecule has 0 bridgehead atoms. The highest BCUT2D eigenvalue weighted by Gasteiger charge is 2.31. The van der Waals surface area contributed by atoms with Crippen molar-refractivity contribution in [2.24, 2.45) is 0 Å². The fourth-order valence-electron chi connectivity index (χ4n) is 5.86. The number of unbranched alkanes of at least 4 members (excludes halogenated alkanes) is 19. The van der Waals surface area contributed by atoms with Crippen LogP contribution in [0.15, 0.2) is 48.6 Å². The van der Waals surface area contributed by atoms with Gasteiger partial charge in [0.1, 0.15) is 26.4 Å². The lowest BCUT2D eigenvalue weighted by Gasteiger charge is -2.26. The van der Waals surface area contributed by atoms with Gasteiger partial charge >= 0.3 is 20.1 Å². The van der Waals surface area contributed by atoms with E-state index < -0.39 is 26.9 Å². The van der Waals surface area contributed by atoms with Gasteiger partial charge < -0.3 is 18.9 Å². The number of ether oxygens (including phenoxy) is 2. The molecule has 2 atom stereocenters. The maximum absolute atomic E-state index is 12.7. The Balaban J connectivity index is 4.45. The highest BCUT2D eigenvalue weighted by atomic mass is 31.2.